The molecule has 0 amide bonds. The molecule has 6 heteroatoms. The number of rotatable bonds is 5. The molecule has 0 saturated heterocycles. The van der Waals surface area contributed by atoms with Crippen LogP contribution in [0.1, 0.15) is 23.0 Å². The van der Waals surface area contributed by atoms with Gasteiger partial charge in [0.2, 0.25) is 20.7 Å². The normalized spacial score (nSPS) is 11.2. The summed E-state index contributed by atoms with van der Waals surface area (Å²) in [6.07, 6.45) is 0.882. The second-order valence-electron chi connectivity index (χ2n) is 5.32. The second kappa shape index (κ2) is 6.94. The van der Waals surface area contributed by atoms with Crippen LogP contribution in [0.15, 0.2) is 81.1 Å². The largest absolute Gasteiger partial charge is 0.437 e. The lowest BCUT2D eigenvalue weighted by Gasteiger charge is -2.03. The summed E-state index contributed by atoms with van der Waals surface area (Å²) in [6, 6.07) is 17.5. The third-order valence-electron chi connectivity index (χ3n) is 3.64. The molecule has 0 N–H and O–H groups in total. The number of hydrogen-bond acceptors (Lipinski definition) is 5. The minimum atomic E-state index is -3.81. The zero-order valence-electron chi connectivity index (χ0n) is 13.5. The van der Waals surface area contributed by atoms with E-state index in [0.29, 0.717) is 5.75 Å². The summed E-state index contributed by atoms with van der Waals surface area (Å²) in [4.78, 5) is 12.2. The number of sulfone groups is 1. The summed E-state index contributed by atoms with van der Waals surface area (Å²) < 4.78 is 35.3. The zero-order valence-corrected chi connectivity index (χ0v) is 14.3. The molecule has 0 bridgehead atoms. The predicted octanol–water partition coefficient (Wildman–Crippen LogP) is 3.89. The molecule has 1 aromatic heterocycles. The first-order valence-electron chi connectivity index (χ1n) is 7.72. The van der Waals surface area contributed by atoms with Crippen molar-refractivity contribution in [1.29, 1.82) is 0 Å². The van der Waals surface area contributed by atoms with Crippen LogP contribution < -0.4 is 4.74 Å². The highest BCUT2D eigenvalue weighted by Gasteiger charge is 2.24. The Morgan fingerprint density at radius 3 is 2.28 bits per heavy atom. The van der Waals surface area contributed by atoms with Crippen LogP contribution >= 0.6 is 0 Å². The highest BCUT2D eigenvalue weighted by Crippen LogP contribution is 2.23. The lowest BCUT2D eigenvalue weighted by atomic mass is 10.2. The van der Waals surface area contributed by atoms with Crippen LogP contribution in [-0.4, -0.2) is 14.4 Å². The van der Waals surface area contributed by atoms with Crippen molar-refractivity contribution in [2.45, 2.75) is 23.3 Å². The molecular weight excluding hydrogens is 340 g/mol. The van der Waals surface area contributed by atoms with Crippen molar-refractivity contribution in [1.82, 2.24) is 0 Å². The van der Waals surface area contributed by atoms with Crippen LogP contribution in [-0.2, 0) is 16.3 Å². The number of carbonyl (C=O) groups excluding carboxylic acids is 1. The summed E-state index contributed by atoms with van der Waals surface area (Å²) in [5.41, 5.74) is 1.12. The molecule has 0 aliphatic carbocycles. The van der Waals surface area contributed by atoms with Gasteiger partial charge in [0.05, 0.1) is 4.90 Å². The number of furan rings is 1. The van der Waals surface area contributed by atoms with Crippen molar-refractivity contribution in [2.75, 3.05) is 0 Å². The van der Waals surface area contributed by atoms with Gasteiger partial charge in [-0.05, 0) is 48.4 Å². The molecular formula is C19H16O5S. The van der Waals surface area contributed by atoms with Crippen molar-refractivity contribution in [3.8, 4) is 5.75 Å². The predicted molar refractivity (Wildman–Crippen MR) is 91.4 cm³/mol. The van der Waals surface area contributed by atoms with E-state index < -0.39 is 15.8 Å². The Bertz CT molecular complexity index is 970. The SMILES string of the molecule is CCc1ccc(OC(=O)c2ccc(S(=O)(=O)c3ccccc3)o2)cc1. The zero-order chi connectivity index (χ0) is 17.9. The number of ether oxygens (including phenoxy) is 1. The van der Waals surface area contributed by atoms with Gasteiger partial charge in [-0.25, -0.2) is 13.2 Å². The lowest BCUT2D eigenvalue weighted by molar-refractivity contribution is 0.0695. The number of esters is 1. The summed E-state index contributed by atoms with van der Waals surface area (Å²) in [6.45, 7) is 2.03. The van der Waals surface area contributed by atoms with E-state index in [1.54, 1.807) is 30.3 Å². The maximum atomic E-state index is 12.5. The van der Waals surface area contributed by atoms with Gasteiger partial charge >= 0.3 is 5.97 Å². The van der Waals surface area contributed by atoms with Gasteiger partial charge in [0, 0.05) is 0 Å². The topological polar surface area (TPSA) is 73.6 Å². The summed E-state index contributed by atoms with van der Waals surface area (Å²) in [5.74, 6) is -0.557. The Kier molecular flexibility index (Phi) is 4.72. The van der Waals surface area contributed by atoms with Gasteiger partial charge in [-0.2, -0.15) is 0 Å². The molecule has 25 heavy (non-hydrogen) atoms. The Labute approximate surface area is 145 Å². The van der Waals surface area contributed by atoms with Crippen molar-refractivity contribution in [3.63, 3.8) is 0 Å². The molecule has 0 atom stereocenters. The molecule has 0 saturated carbocycles. The Morgan fingerprint density at radius 2 is 1.64 bits per heavy atom. The third kappa shape index (κ3) is 3.64. The van der Waals surface area contributed by atoms with Gasteiger partial charge < -0.3 is 9.15 Å². The molecule has 0 aliphatic rings. The number of carbonyl (C=O) groups is 1. The maximum Gasteiger partial charge on any atom is 0.379 e. The smallest absolute Gasteiger partial charge is 0.379 e. The monoisotopic (exact) mass is 356 g/mol. The maximum absolute atomic E-state index is 12.5. The first-order valence-corrected chi connectivity index (χ1v) is 9.20. The molecule has 0 aliphatic heterocycles. The van der Waals surface area contributed by atoms with Crippen LogP contribution in [0.5, 0.6) is 5.75 Å². The van der Waals surface area contributed by atoms with E-state index in [2.05, 4.69) is 0 Å². The van der Waals surface area contributed by atoms with E-state index in [1.807, 2.05) is 19.1 Å². The lowest BCUT2D eigenvalue weighted by Crippen LogP contribution is -2.07. The number of benzene rings is 2. The average molecular weight is 356 g/mol. The Balaban J connectivity index is 1.79. The molecule has 3 aromatic rings. The molecule has 0 radical (unpaired) electrons. The summed E-state index contributed by atoms with van der Waals surface area (Å²) in [5, 5.41) is -0.299. The van der Waals surface area contributed by atoms with E-state index in [4.69, 9.17) is 9.15 Å². The molecule has 5 nitrogen and oxygen atoms in total. The van der Waals surface area contributed by atoms with Crippen molar-refractivity contribution >= 4 is 15.8 Å². The van der Waals surface area contributed by atoms with Crippen LogP contribution in [0.2, 0.25) is 0 Å². The first kappa shape index (κ1) is 17.0. The highest BCUT2D eigenvalue weighted by molar-refractivity contribution is 7.91. The van der Waals surface area contributed by atoms with Gasteiger partial charge in [-0.3, -0.25) is 0 Å². The van der Waals surface area contributed by atoms with E-state index in [-0.39, 0.29) is 15.7 Å². The van der Waals surface area contributed by atoms with Crippen molar-refractivity contribution in [3.05, 3.63) is 78.1 Å². The molecule has 128 valence electrons. The quantitative estimate of drug-likeness (QED) is 0.512. The fourth-order valence-electron chi connectivity index (χ4n) is 2.24. The van der Waals surface area contributed by atoms with Gasteiger partial charge in [0.25, 0.3) is 0 Å². The average Bonchev–Trinajstić information content (AvgIpc) is 3.14. The molecule has 0 spiro atoms. The molecule has 3 rings (SSSR count). The third-order valence-corrected chi connectivity index (χ3v) is 5.28. The van der Waals surface area contributed by atoms with Gasteiger partial charge in [-0.1, -0.05) is 37.3 Å². The fraction of sp³-hybridized carbons (Fsp3) is 0.105. The Hall–Kier alpha value is -2.86. The minimum absolute atomic E-state index is 0.0967. The number of hydrogen-bond donors (Lipinski definition) is 0. The van der Waals surface area contributed by atoms with Crippen molar-refractivity contribution in [2.24, 2.45) is 0 Å². The van der Waals surface area contributed by atoms with E-state index in [0.717, 1.165) is 12.0 Å². The molecule has 2 aromatic carbocycles. The fourth-order valence-corrected chi connectivity index (χ4v) is 3.44. The molecule has 1 heterocycles. The van der Waals surface area contributed by atoms with Crippen molar-refractivity contribution < 1.29 is 22.4 Å². The standard InChI is InChI=1S/C19H16O5S/c1-2-14-8-10-15(11-9-14)23-19(20)17-12-13-18(24-17)25(21,22)16-6-4-3-5-7-16/h3-13H,2H2,1H3. The van der Waals surface area contributed by atoms with Gasteiger partial charge in [0.15, 0.2) is 0 Å². The summed E-state index contributed by atoms with van der Waals surface area (Å²) in [7, 11) is -3.81. The van der Waals surface area contributed by atoms with E-state index >= 15 is 0 Å². The van der Waals surface area contributed by atoms with Crippen LogP contribution in [0, 0.1) is 0 Å². The highest BCUT2D eigenvalue weighted by atomic mass is 32.2. The molecule has 0 fully saturated rings. The first-order chi connectivity index (χ1) is 12.0. The van der Waals surface area contributed by atoms with Gasteiger partial charge in [0.1, 0.15) is 5.75 Å². The minimum Gasteiger partial charge on any atom is -0.437 e. The second-order valence-corrected chi connectivity index (χ2v) is 7.20. The van der Waals surface area contributed by atoms with Crippen LogP contribution in [0.4, 0.5) is 0 Å². The van der Waals surface area contributed by atoms with E-state index in [1.165, 1.54) is 24.3 Å². The molecule has 0 unspecified atom stereocenters. The van der Waals surface area contributed by atoms with Gasteiger partial charge in [-0.15, -0.1) is 0 Å². The number of aryl methyl sites for hydroxylation is 1. The summed E-state index contributed by atoms with van der Waals surface area (Å²) >= 11 is 0. The van der Waals surface area contributed by atoms with Crippen LogP contribution in [0.25, 0.3) is 0 Å². The van der Waals surface area contributed by atoms with E-state index in [9.17, 15) is 13.2 Å². The Morgan fingerprint density at radius 1 is 0.960 bits per heavy atom. The van der Waals surface area contributed by atoms with Crippen LogP contribution in [0.3, 0.4) is 0 Å².